The number of aryl methyl sites for hydroxylation is 1. The van der Waals surface area contributed by atoms with Crippen LogP contribution in [0.3, 0.4) is 0 Å². The third kappa shape index (κ3) is 2.68. The Morgan fingerprint density at radius 1 is 1.33 bits per heavy atom. The molecule has 1 aromatic carbocycles. The van der Waals surface area contributed by atoms with Crippen molar-refractivity contribution in [1.82, 2.24) is 0 Å². The molecular formula is C15H23NO2. The van der Waals surface area contributed by atoms with Crippen molar-refractivity contribution in [3.63, 3.8) is 0 Å². The van der Waals surface area contributed by atoms with Crippen LogP contribution in [0, 0.1) is 12.8 Å². The topological polar surface area (TPSA) is 55.5 Å². The fourth-order valence-corrected chi connectivity index (χ4v) is 2.90. The second kappa shape index (κ2) is 5.72. The third-order valence-corrected chi connectivity index (χ3v) is 4.05. The maximum atomic E-state index is 10.3. The maximum Gasteiger partial charge on any atom is 0.121 e. The first-order valence-electron chi connectivity index (χ1n) is 6.71. The van der Waals surface area contributed by atoms with Crippen LogP contribution in [0.25, 0.3) is 0 Å². The minimum Gasteiger partial charge on any atom is -0.496 e. The number of nitrogens with two attached hydrogens (primary N) is 1. The molecule has 0 aliphatic heterocycles. The Kier molecular flexibility index (Phi) is 4.25. The molecule has 1 aliphatic rings. The Morgan fingerprint density at radius 3 is 2.56 bits per heavy atom. The van der Waals surface area contributed by atoms with Gasteiger partial charge in [0.1, 0.15) is 5.75 Å². The molecule has 0 radical (unpaired) electrons. The fourth-order valence-electron chi connectivity index (χ4n) is 2.90. The van der Waals surface area contributed by atoms with Gasteiger partial charge in [0, 0.05) is 0 Å². The van der Waals surface area contributed by atoms with Crippen LogP contribution in [0.4, 0.5) is 0 Å². The van der Waals surface area contributed by atoms with Gasteiger partial charge < -0.3 is 15.6 Å². The molecular weight excluding hydrogens is 226 g/mol. The van der Waals surface area contributed by atoms with E-state index in [4.69, 9.17) is 10.5 Å². The van der Waals surface area contributed by atoms with E-state index in [9.17, 15) is 5.11 Å². The molecule has 0 saturated heterocycles. The van der Waals surface area contributed by atoms with Gasteiger partial charge in [-0.3, -0.25) is 0 Å². The van der Waals surface area contributed by atoms with Crippen LogP contribution < -0.4 is 10.5 Å². The first-order chi connectivity index (χ1) is 8.63. The zero-order valence-electron chi connectivity index (χ0n) is 11.2. The molecule has 1 aliphatic carbocycles. The molecule has 0 amide bonds. The second-order valence-electron chi connectivity index (χ2n) is 5.29. The van der Waals surface area contributed by atoms with Gasteiger partial charge in [-0.05, 0) is 42.9 Å². The summed E-state index contributed by atoms with van der Waals surface area (Å²) >= 11 is 0. The van der Waals surface area contributed by atoms with Crippen molar-refractivity contribution >= 4 is 0 Å². The molecule has 0 aromatic heterocycles. The molecule has 1 aromatic rings. The van der Waals surface area contributed by atoms with Crippen LogP contribution in [0.5, 0.6) is 5.75 Å². The number of rotatable bonds is 4. The fraction of sp³-hybridized carbons (Fsp3) is 0.600. The maximum absolute atomic E-state index is 10.3. The Morgan fingerprint density at radius 2 is 2.00 bits per heavy atom. The van der Waals surface area contributed by atoms with Crippen molar-refractivity contribution in [2.45, 2.75) is 44.8 Å². The van der Waals surface area contributed by atoms with Crippen molar-refractivity contribution in [3.05, 3.63) is 29.3 Å². The van der Waals surface area contributed by atoms with Gasteiger partial charge in [0.25, 0.3) is 0 Å². The van der Waals surface area contributed by atoms with Gasteiger partial charge in [0.2, 0.25) is 0 Å². The van der Waals surface area contributed by atoms with Crippen molar-refractivity contribution in [2.24, 2.45) is 11.7 Å². The normalized spacial score (nSPS) is 19.8. The van der Waals surface area contributed by atoms with Crippen molar-refractivity contribution in [2.75, 3.05) is 7.11 Å². The highest BCUT2D eigenvalue weighted by molar-refractivity contribution is 5.37. The Bertz CT molecular complexity index is 399. The van der Waals surface area contributed by atoms with Gasteiger partial charge in [-0.1, -0.05) is 25.0 Å². The number of hydrogen-bond acceptors (Lipinski definition) is 3. The molecule has 1 fully saturated rings. The van der Waals surface area contributed by atoms with Gasteiger partial charge in [0.05, 0.1) is 19.3 Å². The smallest absolute Gasteiger partial charge is 0.121 e. The van der Waals surface area contributed by atoms with E-state index in [-0.39, 0.29) is 6.04 Å². The molecule has 3 nitrogen and oxygen atoms in total. The lowest BCUT2D eigenvalue weighted by Crippen LogP contribution is -2.31. The highest BCUT2D eigenvalue weighted by atomic mass is 16.5. The second-order valence-corrected chi connectivity index (χ2v) is 5.29. The number of methoxy groups -OCH3 is 1. The lowest BCUT2D eigenvalue weighted by Gasteiger charge is -2.25. The molecule has 2 rings (SSSR count). The first-order valence-corrected chi connectivity index (χ1v) is 6.71. The number of hydrogen-bond donors (Lipinski definition) is 2. The van der Waals surface area contributed by atoms with Gasteiger partial charge in [-0.2, -0.15) is 0 Å². The van der Waals surface area contributed by atoms with Gasteiger partial charge >= 0.3 is 0 Å². The zero-order chi connectivity index (χ0) is 13.1. The first kappa shape index (κ1) is 13.4. The molecule has 18 heavy (non-hydrogen) atoms. The summed E-state index contributed by atoms with van der Waals surface area (Å²) in [5, 5.41) is 10.3. The summed E-state index contributed by atoms with van der Waals surface area (Å²) < 4.78 is 5.24. The van der Waals surface area contributed by atoms with E-state index in [1.807, 2.05) is 25.1 Å². The van der Waals surface area contributed by atoms with E-state index in [0.29, 0.717) is 5.92 Å². The van der Waals surface area contributed by atoms with Crippen LogP contribution >= 0.6 is 0 Å². The quantitative estimate of drug-likeness (QED) is 0.862. The number of aliphatic hydroxyl groups is 1. The van der Waals surface area contributed by atoms with Gasteiger partial charge in [-0.25, -0.2) is 0 Å². The largest absolute Gasteiger partial charge is 0.496 e. The van der Waals surface area contributed by atoms with E-state index in [2.05, 4.69) is 0 Å². The summed E-state index contributed by atoms with van der Waals surface area (Å²) in [6.07, 6.45) is 4.21. The SMILES string of the molecule is COc1ccc([C@@H](N)[C@@H](O)C2CCCC2)cc1C. The third-order valence-electron chi connectivity index (χ3n) is 4.05. The standard InChI is InChI=1S/C15H23NO2/c1-10-9-12(7-8-13(10)18-2)14(16)15(17)11-5-3-4-6-11/h7-9,11,14-15,17H,3-6,16H2,1-2H3/t14-,15+/m1/s1. The minimum atomic E-state index is -0.430. The van der Waals surface area contributed by atoms with Crippen LogP contribution in [-0.2, 0) is 0 Å². The van der Waals surface area contributed by atoms with E-state index in [1.54, 1.807) is 7.11 Å². The van der Waals surface area contributed by atoms with Crippen molar-refractivity contribution in [3.8, 4) is 5.75 Å². The number of aliphatic hydroxyl groups excluding tert-OH is 1. The number of ether oxygens (including phenoxy) is 1. The van der Waals surface area contributed by atoms with Crippen LogP contribution in [0.15, 0.2) is 18.2 Å². The van der Waals surface area contributed by atoms with Crippen molar-refractivity contribution in [1.29, 1.82) is 0 Å². The van der Waals surface area contributed by atoms with Crippen molar-refractivity contribution < 1.29 is 9.84 Å². The summed E-state index contributed by atoms with van der Waals surface area (Å²) in [7, 11) is 1.66. The number of benzene rings is 1. The van der Waals surface area contributed by atoms with E-state index in [1.165, 1.54) is 12.8 Å². The molecule has 2 atom stereocenters. The Labute approximate surface area is 109 Å². The van der Waals surface area contributed by atoms with Crippen LogP contribution in [0.2, 0.25) is 0 Å². The van der Waals surface area contributed by atoms with E-state index >= 15 is 0 Å². The molecule has 100 valence electrons. The molecule has 3 N–H and O–H groups in total. The highest BCUT2D eigenvalue weighted by Crippen LogP contribution is 2.33. The van der Waals surface area contributed by atoms with E-state index in [0.717, 1.165) is 29.7 Å². The monoisotopic (exact) mass is 249 g/mol. The van der Waals surface area contributed by atoms with Crippen LogP contribution in [-0.4, -0.2) is 18.3 Å². The molecule has 0 unspecified atom stereocenters. The Hall–Kier alpha value is -1.06. The van der Waals surface area contributed by atoms with Crippen LogP contribution in [0.1, 0.15) is 42.9 Å². The molecule has 3 heteroatoms. The molecule has 0 spiro atoms. The summed E-state index contributed by atoms with van der Waals surface area (Å²) in [6.45, 7) is 2.00. The van der Waals surface area contributed by atoms with Gasteiger partial charge in [-0.15, -0.1) is 0 Å². The summed E-state index contributed by atoms with van der Waals surface area (Å²) in [5.41, 5.74) is 8.24. The predicted octanol–water partition coefficient (Wildman–Crippen LogP) is 2.55. The zero-order valence-corrected chi connectivity index (χ0v) is 11.2. The lowest BCUT2D eigenvalue weighted by atomic mass is 9.90. The summed E-state index contributed by atoms with van der Waals surface area (Å²) in [4.78, 5) is 0. The molecule has 1 saturated carbocycles. The average Bonchev–Trinajstić information content (AvgIpc) is 2.90. The summed E-state index contributed by atoms with van der Waals surface area (Å²) in [5.74, 6) is 1.23. The minimum absolute atomic E-state index is 0.294. The Balaban J connectivity index is 2.12. The highest BCUT2D eigenvalue weighted by Gasteiger charge is 2.28. The molecule has 0 bridgehead atoms. The lowest BCUT2D eigenvalue weighted by molar-refractivity contribution is 0.0844. The summed E-state index contributed by atoms with van der Waals surface area (Å²) in [6, 6.07) is 5.60. The van der Waals surface area contributed by atoms with Gasteiger partial charge in [0.15, 0.2) is 0 Å². The van der Waals surface area contributed by atoms with E-state index < -0.39 is 6.10 Å². The predicted molar refractivity (Wildman–Crippen MR) is 72.6 cm³/mol. The average molecular weight is 249 g/mol. The molecule has 0 heterocycles.